The van der Waals surface area contributed by atoms with Crippen molar-refractivity contribution < 1.29 is 22.4 Å². The summed E-state index contributed by atoms with van der Waals surface area (Å²) in [4.78, 5) is 14.2. The van der Waals surface area contributed by atoms with Crippen LogP contribution in [0, 0.1) is 11.2 Å². The van der Waals surface area contributed by atoms with E-state index in [2.05, 4.69) is 10.4 Å². The van der Waals surface area contributed by atoms with Gasteiger partial charge in [-0.25, -0.2) is 9.07 Å². The van der Waals surface area contributed by atoms with Gasteiger partial charge in [-0.15, -0.1) is 0 Å². The minimum absolute atomic E-state index is 0.000828. The first-order chi connectivity index (χ1) is 14.4. The van der Waals surface area contributed by atoms with E-state index in [-0.39, 0.29) is 29.4 Å². The predicted molar refractivity (Wildman–Crippen MR) is 108 cm³/mol. The summed E-state index contributed by atoms with van der Waals surface area (Å²) < 4.78 is 56.4. The van der Waals surface area contributed by atoms with Crippen molar-refractivity contribution in [3.05, 3.63) is 47.4 Å². The number of alkyl halides is 3. The minimum Gasteiger partial charge on any atom is -0.367 e. The molecule has 1 aromatic heterocycles. The lowest BCUT2D eigenvalue weighted by Gasteiger charge is -2.39. The van der Waals surface area contributed by atoms with Gasteiger partial charge in [0.2, 0.25) is 0 Å². The summed E-state index contributed by atoms with van der Waals surface area (Å²) in [6.45, 7) is 6.43. The van der Waals surface area contributed by atoms with Crippen LogP contribution in [0.5, 0.6) is 0 Å². The van der Waals surface area contributed by atoms with Crippen LogP contribution in [0.15, 0.2) is 30.3 Å². The maximum absolute atomic E-state index is 14.0. The molecule has 0 saturated carbocycles. The topological polar surface area (TPSA) is 50.2 Å². The van der Waals surface area contributed by atoms with E-state index < -0.39 is 23.9 Å². The van der Waals surface area contributed by atoms with E-state index in [1.54, 1.807) is 12.1 Å². The predicted octanol–water partition coefficient (Wildman–Crippen LogP) is 4.99. The molecule has 0 bridgehead atoms. The van der Waals surface area contributed by atoms with Crippen molar-refractivity contribution >= 4 is 11.7 Å². The first kappa shape index (κ1) is 21.6. The fourth-order valence-corrected chi connectivity index (χ4v) is 4.35. The summed E-state index contributed by atoms with van der Waals surface area (Å²) >= 11 is 0. The first-order valence-electron chi connectivity index (χ1n) is 10.4. The first-order valence-corrected chi connectivity index (χ1v) is 10.4. The number of benzene rings is 1. The molecular weight excluding hydrogens is 412 g/mol. The van der Waals surface area contributed by atoms with Crippen LogP contribution in [-0.2, 0) is 0 Å². The Morgan fingerprint density at radius 1 is 1.19 bits per heavy atom. The Morgan fingerprint density at radius 3 is 2.55 bits per heavy atom. The van der Waals surface area contributed by atoms with Crippen molar-refractivity contribution in [1.82, 2.24) is 14.7 Å². The summed E-state index contributed by atoms with van der Waals surface area (Å²) in [5.41, 5.74) is 0.171. The third-order valence-corrected chi connectivity index (χ3v) is 6.25. The highest BCUT2D eigenvalue weighted by Crippen LogP contribution is 2.44. The standard InChI is InChI=1S/C22H26F4N4O/c1-21(2,3)17-11-18(22(24,25)26)30-19(27-17)10-16(28-30)13-8-9-29(12-13)20(31)14-6-4-5-7-15(14)23/h4-7,10,13,17-18,27H,8-9,11-12H2,1-3H3/t13-,17-,18-/m1/s1. The largest absolute Gasteiger partial charge is 0.410 e. The van der Waals surface area contributed by atoms with Crippen LogP contribution in [0.25, 0.3) is 0 Å². The molecule has 1 N–H and O–H groups in total. The molecule has 1 amide bonds. The van der Waals surface area contributed by atoms with Crippen LogP contribution >= 0.6 is 0 Å². The quantitative estimate of drug-likeness (QED) is 0.673. The summed E-state index contributed by atoms with van der Waals surface area (Å²) in [5.74, 6) is -0.845. The summed E-state index contributed by atoms with van der Waals surface area (Å²) in [5, 5.41) is 7.52. The number of amides is 1. The van der Waals surface area contributed by atoms with Crippen molar-refractivity contribution in [2.75, 3.05) is 18.4 Å². The number of nitrogens with zero attached hydrogens (tertiary/aromatic N) is 3. The van der Waals surface area contributed by atoms with Gasteiger partial charge in [0.15, 0.2) is 6.04 Å². The third kappa shape index (κ3) is 4.14. The minimum atomic E-state index is -4.41. The van der Waals surface area contributed by atoms with Gasteiger partial charge < -0.3 is 10.2 Å². The van der Waals surface area contributed by atoms with Gasteiger partial charge in [0.25, 0.3) is 5.91 Å². The Hall–Kier alpha value is -2.58. The molecule has 5 nitrogen and oxygen atoms in total. The van der Waals surface area contributed by atoms with Crippen molar-refractivity contribution in [3.8, 4) is 0 Å². The van der Waals surface area contributed by atoms with Gasteiger partial charge in [-0.3, -0.25) is 4.79 Å². The molecule has 1 saturated heterocycles. The van der Waals surface area contributed by atoms with Crippen LogP contribution in [0.2, 0.25) is 0 Å². The average Bonchev–Trinajstić information content (AvgIpc) is 3.32. The SMILES string of the molecule is CC(C)(C)[C@H]1C[C@H](C(F)(F)F)n2nc([C@@H]3CCN(C(=O)c4ccccc4F)C3)cc2N1. The van der Waals surface area contributed by atoms with Crippen molar-refractivity contribution in [2.24, 2.45) is 5.41 Å². The molecule has 0 spiro atoms. The summed E-state index contributed by atoms with van der Waals surface area (Å²) in [7, 11) is 0. The third-order valence-electron chi connectivity index (χ3n) is 6.25. The van der Waals surface area contributed by atoms with Crippen molar-refractivity contribution in [2.45, 2.75) is 57.8 Å². The van der Waals surface area contributed by atoms with E-state index in [0.29, 0.717) is 31.0 Å². The van der Waals surface area contributed by atoms with Crippen molar-refractivity contribution in [1.29, 1.82) is 0 Å². The lowest BCUT2D eigenvalue weighted by molar-refractivity contribution is -0.175. The van der Waals surface area contributed by atoms with Gasteiger partial charge in [-0.1, -0.05) is 32.9 Å². The maximum Gasteiger partial charge on any atom is 0.410 e. The second-order valence-corrected chi connectivity index (χ2v) is 9.47. The summed E-state index contributed by atoms with van der Waals surface area (Å²) in [6.07, 6.45) is -3.94. The Bertz CT molecular complexity index is 979. The average molecular weight is 438 g/mol. The van der Waals surface area contributed by atoms with Crippen LogP contribution in [0.3, 0.4) is 0 Å². The number of carbonyl (C=O) groups excluding carboxylic acids is 1. The molecule has 3 heterocycles. The van der Waals surface area contributed by atoms with Gasteiger partial charge in [0.1, 0.15) is 11.6 Å². The second kappa shape index (κ2) is 7.53. The van der Waals surface area contributed by atoms with Crippen LogP contribution < -0.4 is 5.32 Å². The van der Waals surface area contributed by atoms with E-state index in [1.165, 1.54) is 23.1 Å². The zero-order chi connectivity index (χ0) is 22.6. The zero-order valence-corrected chi connectivity index (χ0v) is 17.7. The zero-order valence-electron chi connectivity index (χ0n) is 17.7. The Balaban J connectivity index is 1.57. The van der Waals surface area contributed by atoms with E-state index in [0.717, 1.165) is 4.68 Å². The number of aromatic nitrogens is 2. The number of hydrogen-bond acceptors (Lipinski definition) is 3. The van der Waals surface area contributed by atoms with Gasteiger partial charge in [0.05, 0.1) is 11.3 Å². The molecule has 4 rings (SSSR count). The van der Waals surface area contributed by atoms with E-state index in [9.17, 15) is 22.4 Å². The Morgan fingerprint density at radius 2 is 1.90 bits per heavy atom. The number of fused-ring (bicyclic) bond motifs is 1. The number of rotatable bonds is 2. The Labute approximate surface area is 178 Å². The number of anilines is 1. The van der Waals surface area contributed by atoms with Crippen LogP contribution in [0.4, 0.5) is 23.4 Å². The normalized spacial score (nSPS) is 24.1. The number of likely N-dealkylation sites (tertiary alicyclic amines) is 1. The lowest BCUT2D eigenvalue weighted by atomic mass is 9.82. The number of carbonyl (C=O) groups is 1. The van der Waals surface area contributed by atoms with Gasteiger partial charge in [0, 0.05) is 31.1 Å². The van der Waals surface area contributed by atoms with Gasteiger partial charge in [-0.2, -0.15) is 18.3 Å². The molecule has 0 aliphatic carbocycles. The van der Waals surface area contributed by atoms with Gasteiger partial charge in [-0.05, 0) is 30.4 Å². The molecule has 9 heteroatoms. The molecule has 2 aliphatic heterocycles. The number of halogens is 4. The molecule has 2 aromatic rings. The molecule has 1 fully saturated rings. The van der Waals surface area contributed by atoms with Crippen molar-refractivity contribution in [3.63, 3.8) is 0 Å². The molecule has 168 valence electrons. The van der Waals surface area contributed by atoms with Crippen LogP contribution in [-0.4, -0.2) is 45.9 Å². The molecule has 3 atom stereocenters. The second-order valence-electron chi connectivity index (χ2n) is 9.47. The highest BCUT2D eigenvalue weighted by atomic mass is 19.4. The lowest BCUT2D eigenvalue weighted by Crippen LogP contribution is -2.44. The highest BCUT2D eigenvalue weighted by Gasteiger charge is 2.48. The van der Waals surface area contributed by atoms with E-state index >= 15 is 0 Å². The maximum atomic E-state index is 14.0. The molecule has 31 heavy (non-hydrogen) atoms. The number of nitrogens with one attached hydrogen (secondary N) is 1. The highest BCUT2D eigenvalue weighted by molar-refractivity contribution is 5.94. The molecule has 0 radical (unpaired) electrons. The number of hydrogen-bond donors (Lipinski definition) is 1. The Kier molecular flexibility index (Phi) is 5.26. The fraction of sp³-hybridized carbons (Fsp3) is 0.545. The molecule has 2 aliphatic rings. The molecule has 0 unspecified atom stereocenters. The monoisotopic (exact) mass is 438 g/mol. The van der Waals surface area contributed by atoms with E-state index in [4.69, 9.17) is 0 Å². The smallest absolute Gasteiger partial charge is 0.367 e. The fourth-order valence-electron chi connectivity index (χ4n) is 4.35. The van der Waals surface area contributed by atoms with Gasteiger partial charge >= 0.3 is 6.18 Å². The summed E-state index contributed by atoms with van der Waals surface area (Å²) in [6, 6.07) is 5.41. The van der Waals surface area contributed by atoms with Crippen LogP contribution in [0.1, 0.15) is 61.6 Å². The van der Waals surface area contributed by atoms with E-state index in [1.807, 2.05) is 20.8 Å². The molecular formula is C22H26F4N4O. The molecule has 1 aromatic carbocycles.